The molecule has 2 aromatic rings. The second kappa shape index (κ2) is 7.92. The monoisotopic (exact) mass is 336 g/mol. The van der Waals surface area contributed by atoms with Crippen LogP contribution < -0.4 is 9.47 Å². The Morgan fingerprint density at radius 1 is 1.30 bits per heavy atom. The Labute approximate surface area is 140 Å². The number of hydrogen-bond donors (Lipinski definition) is 1. The maximum Gasteiger partial charge on any atom is 0.338 e. The molecule has 124 valence electrons. The fourth-order valence-electron chi connectivity index (χ4n) is 2.00. The molecule has 0 aliphatic carbocycles. The molecule has 0 fully saturated rings. The van der Waals surface area contributed by atoms with Gasteiger partial charge in [0.25, 0.3) is 0 Å². The Balaban J connectivity index is 2.26. The molecule has 23 heavy (non-hydrogen) atoms. The molecule has 7 heteroatoms. The first-order valence-electron chi connectivity index (χ1n) is 7.34. The summed E-state index contributed by atoms with van der Waals surface area (Å²) < 4.78 is 17.9. The van der Waals surface area contributed by atoms with Gasteiger partial charge in [-0.25, -0.2) is 8.88 Å². The van der Waals surface area contributed by atoms with Crippen molar-refractivity contribution >= 4 is 18.8 Å². The van der Waals surface area contributed by atoms with Gasteiger partial charge >= 0.3 is 5.97 Å². The Bertz CT molecular complexity index is 670. The van der Waals surface area contributed by atoms with E-state index >= 15 is 0 Å². The highest BCUT2D eigenvalue weighted by atomic mass is 32.1. The van der Waals surface area contributed by atoms with Gasteiger partial charge in [0.05, 0.1) is 18.3 Å². The van der Waals surface area contributed by atoms with Crippen molar-refractivity contribution in [2.24, 2.45) is 0 Å². The lowest BCUT2D eigenvalue weighted by Gasteiger charge is -2.15. The molecule has 0 bridgehead atoms. The molecule has 0 N–H and O–H groups in total. The van der Waals surface area contributed by atoms with Gasteiger partial charge in [0.15, 0.2) is 0 Å². The van der Waals surface area contributed by atoms with E-state index in [0.29, 0.717) is 29.4 Å². The Hall–Kier alpha value is -2.15. The van der Waals surface area contributed by atoms with Gasteiger partial charge in [-0.1, -0.05) is 6.07 Å². The zero-order chi connectivity index (χ0) is 16.8. The number of hydrogen-bond acceptors (Lipinski definition) is 6. The van der Waals surface area contributed by atoms with Crippen LogP contribution in [0.4, 0.5) is 0 Å². The molecule has 2 rings (SSSR count). The average molecular weight is 336 g/mol. The van der Waals surface area contributed by atoms with Gasteiger partial charge in [0.2, 0.25) is 5.88 Å². The van der Waals surface area contributed by atoms with E-state index in [0.717, 1.165) is 0 Å². The third-order valence-corrected chi connectivity index (χ3v) is 3.13. The molecule has 0 spiro atoms. The summed E-state index contributed by atoms with van der Waals surface area (Å²) in [7, 11) is 0. The second-order valence-corrected chi connectivity index (χ2v) is 5.44. The third kappa shape index (κ3) is 4.66. The standard InChI is InChI=1S/C16H20N2O4S/c1-4-20-14-7-5-6-12(16(19)22-11(2)3)13(14)10-21-15-8-9-18(23)17-15/h5-9,11,23H,4,10H2,1-3H3. The fourth-order valence-corrected chi connectivity index (χ4v) is 2.15. The minimum atomic E-state index is -0.403. The first kappa shape index (κ1) is 17.2. The molecule has 0 radical (unpaired) electrons. The summed E-state index contributed by atoms with van der Waals surface area (Å²) in [5.74, 6) is 0.602. The van der Waals surface area contributed by atoms with E-state index in [9.17, 15) is 4.79 Å². The van der Waals surface area contributed by atoms with Crippen molar-refractivity contribution in [3.8, 4) is 11.6 Å². The zero-order valence-corrected chi connectivity index (χ0v) is 14.2. The molecule has 0 amide bonds. The van der Waals surface area contributed by atoms with Crippen molar-refractivity contribution in [3.63, 3.8) is 0 Å². The van der Waals surface area contributed by atoms with Crippen LogP contribution in [0.15, 0.2) is 30.5 Å². The van der Waals surface area contributed by atoms with Crippen molar-refractivity contribution < 1.29 is 19.0 Å². The van der Waals surface area contributed by atoms with Crippen LogP contribution in [0.25, 0.3) is 0 Å². The van der Waals surface area contributed by atoms with Crippen molar-refractivity contribution in [2.75, 3.05) is 6.61 Å². The summed E-state index contributed by atoms with van der Waals surface area (Å²) in [6.07, 6.45) is 1.45. The van der Waals surface area contributed by atoms with E-state index < -0.39 is 5.97 Å². The Morgan fingerprint density at radius 2 is 2.09 bits per heavy atom. The summed E-state index contributed by atoms with van der Waals surface area (Å²) >= 11 is 4.06. The highest BCUT2D eigenvalue weighted by Crippen LogP contribution is 2.25. The van der Waals surface area contributed by atoms with Crippen LogP contribution in [-0.4, -0.2) is 27.9 Å². The molecule has 0 unspecified atom stereocenters. The van der Waals surface area contributed by atoms with E-state index in [4.69, 9.17) is 14.2 Å². The van der Waals surface area contributed by atoms with Crippen LogP contribution in [0.5, 0.6) is 11.6 Å². The van der Waals surface area contributed by atoms with Gasteiger partial charge in [-0.3, -0.25) is 0 Å². The number of thiol groups is 1. The quantitative estimate of drug-likeness (QED) is 0.622. The predicted octanol–water partition coefficient (Wildman–Crippen LogP) is 3.12. The van der Waals surface area contributed by atoms with Crippen LogP contribution in [0.1, 0.15) is 36.7 Å². The van der Waals surface area contributed by atoms with E-state index in [1.54, 1.807) is 44.3 Å². The molecule has 0 aliphatic rings. The number of rotatable bonds is 7. The molecule has 1 aromatic heterocycles. The van der Waals surface area contributed by atoms with Crippen LogP contribution in [0.3, 0.4) is 0 Å². The first-order valence-corrected chi connectivity index (χ1v) is 7.74. The topological polar surface area (TPSA) is 62.6 Å². The summed E-state index contributed by atoms with van der Waals surface area (Å²) in [6, 6.07) is 6.94. The molecule has 0 saturated heterocycles. The van der Waals surface area contributed by atoms with Gasteiger partial charge in [0.1, 0.15) is 12.4 Å². The van der Waals surface area contributed by atoms with E-state index in [1.807, 2.05) is 6.92 Å². The number of aromatic nitrogens is 2. The highest BCUT2D eigenvalue weighted by molar-refractivity contribution is 7.78. The number of nitrogens with zero attached hydrogens (tertiary/aromatic N) is 2. The maximum absolute atomic E-state index is 12.3. The van der Waals surface area contributed by atoms with Gasteiger partial charge in [0, 0.05) is 17.8 Å². The average Bonchev–Trinajstić information content (AvgIpc) is 2.91. The fraction of sp³-hybridized carbons (Fsp3) is 0.375. The molecular formula is C16H20N2O4S. The van der Waals surface area contributed by atoms with Gasteiger partial charge in [-0.2, -0.15) is 0 Å². The van der Waals surface area contributed by atoms with Crippen molar-refractivity contribution in [1.29, 1.82) is 0 Å². The van der Waals surface area contributed by atoms with Gasteiger partial charge in [-0.05, 0) is 45.7 Å². The highest BCUT2D eigenvalue weighted by Gasteiger charge is 2.19. The smallest absolute Gasteiger partial charge is 0.338 e. The maximum atomic E-state index is 12.3. The van der Waals surface area contributed by atoms with E-state index in [-0.39, 0.29) is 12.7 Å². The molecule has 0 saturated carbocycles. The molecule has 1 heterocycles. The number of ether oxygens (including phenoxy) is 3. The number of carbonyl (C=O) groups excluding carboxylic acids is 1. The molecular weight excluding hydrogens is 316 g/mol. The van der Waals surface area contributed by atoms with Crippen LogP contribution in [0, 0.1) is 0 Å². The second-order valence-electron chi connectivity index (χ2n) is 5.03. The number of esters is 1. The first-order chi connectivity index (χ1) is 11.0. The molecule has 0 atom stereocenters. The summed E-state index contributed by atoms with van der Waals surface area (Å²) in [5.41, 5.74) is 1.06. The molecule has 1 aromatic carbocycles. The molecule has 0 aliphatic heterocycles. The van der Waals surface area contributed by atoms with Crippen molar-refractivity contribution in [3.05, 3.63) is 41.6 Å². The zero-order valence-electron chi connectivity index (χ0n) is 13.4. The minimum absolute atomic E-state index is 0.142. The predicted molar refractivity (Wildman–Crippen MR) is 89.1 cm³/mol. The Morgan fingerprint density at radius 3 is 2.70 bits per heavy atom. The third-order valence-electron chi connectivity index (χ3n) is 2.91. The lowest BCUT2D eigenvalue weighted by Crippen LogP contribution is -2.15. The van der Waals surface area contributed by atoms with Gasteiger partial charge in [-0.15, -0.1) is 5.10 Å². The molecule has 6 nitrogen and oxygen atoms in total. The minimum Gasteiger partial charge on any atom is -0.493 e. The van der Waals surface area contributed by atoms with Gasteiger partial charge < -0.3 is 14.2 Å². The SMILES string of the molecule is CCOc1cccc(C(=O)OC(C)C)c1COc1ccn(S)n1. The largest absolute Gasteiger partial charge is 0.493 e. The summed E-state index contributed by atoms with van der Waals surface area (Å²) in [5, 5.41) is 4.03. The number of carbonyl (C=O) groups is 1. The van der Waals surface area contributed by atoms with E-state index in [2.05, 4.69) is 17.9 Å². The van der Waals surface area contributed by atoms with Crippen LogP contribution in [-0.2, 0) is 11.3 Å². The normalized spacial score (nSPS) is 10.7. The summed E-state index contributed by atoms with van der Waals surface area (Å²) in [4.78, 5) is 12.3. The van der Waals surface area contributed by atoms with Crippen LogP contribution in [0.2, 0.25) is 0 Å². The lowest BCUT2D eigenvalue weighted by molar-refractivity contribution is 0.0374. The lowest BCUT2D eigenvalue weighted by atomic mass is 10.1. The summed E-state index contributed by atoms with van der Waals surface area (Å²) in [6.45, 7) is 6.12. The van der Waals surface area contributed by atoms with Crippen molar-refractivity contribution in [2.45, 2.75) is 33.5 Å². The Kier molecular flexibility index (Phi) is 5.92. The van der Waals surface area contributed by atoms with E-state index in [1.165, 1.54) is 4.09 Å². The van der Waals surface area contributed by atoms with Crippen LogP contribution >= 0.6 is 12.8 Å². The van der Waals surface area contributed by atoms with Crippen molar-refractivity contribution in [1.82, 2.24) is 9.19 Å². The number of benzene rings is 1.